The zero-order valence-corrected chi connectivity index (χ0v) is 29.6. The molecule has 8 heteroatoms. The van der Waals surface area contributed by atoms with E-state index in [1.165, 1.54) is 52.7 Å². The lowest BCUT2D eigenvalue weighted by molar-refractivity contribution is -0.141. The molecule has 0 saturated heterocycles. The number of anilines is 4. The molecule has 47 heavy (non-hydrogen) atoms. The molecule has 0 radical (unpaired) electrons. The van der Waals surface area contributed by atoms with Crippen LogP contribution in [0.3, 0.4) is 0 Å². The molecule has 264 valence electrons. The summed E-state index contributed by atoms with van der Waals surface area (Å²) in [4.78, 5) is 22.5. The molecule has 0 unspecified atom stereocenters. The first-order valence-corrected chi connectivity index (χ1v) is 17.0. The van der Waals surface area contributed by atoms with Crippen LogP contribution in [0, 0.1) is 22.7 Å². The number of esters is 2. The number of nitrogens with two attached hydrogens (primary N) is 2. The molecule has 2 fully saturated rings. The number of rotatable bonds is 10. The van der Waals surface area contributed by atoms with E-state index < -0.39 is 0 Å². The van der Waals surface area contributed by atoms with E-state index in [1.54, 1.807) is 0 Å². The molecule has 2 saturated carbocycles. The van der Waals surface area contributed by atoms with Gasteiger partial charge in [-0.2, -0.15) is 0 Å². The lowest BCUT2D eigenvalue weighted by atomic mass is 9.70. The highest BCUT2D eigenvalue weighted by Crippen LogP contribution is 2.41. The van der Waals surface area contributed by atoms with Gasteiger partial charge in [0, 0.05) is 24.9 Å². The Morgan fingerprint density at radius 1 is 0.702 bits per heavy atom. The number of hydrogen-bond acceptors (Lipinski definition) is 8. The molecule has 6 N–H and O–H groups in total. The first kappa shape index (κ1) is 39.8. The molecule has 0 aliphatic heterocycles. The zero-order chi connectivity index (χ0) is 34.1. The van der Waals surface area contributed by atoms with E-state index in [0.717, 1.165) is 45.7 Å². The molecule has 2 aliphatic rings. The topological polar surface area (TPSA) is 129 Å². The Bertz CT molecular complexity index is 1210. The minimum absolute atomic E-state index is 0. The number of ether oxygens (including phenoxy) is 2. The van der Waals surface area contributed by atoms with Crippen molar-refractivity contribution in [3.63, 3.8) is 0 Å². The van der Waals surface area contributed by atoms with Gasteiger partial charge in [0.25, 0.3) is 0 Å². The molecule has 2 aliphatic carbocycles. The number of nitrogens with one attached hydrogen (secondary N) is 2. The summed E-state index contributed by atoms with van der Waals surface area (Å²) in [5.74, 6) is 1.09. The van der Waals surface area contributed by atoms with Crippen molar-refractivity contribution in [3.8, 4) is 0 Å². The summed E-state index contributed by atoms with van der Waals surface area (Å²) in [6.45, 7) is 14.0. The van der Waals surface area contributed by atoms with Crippen LogP contribution in [0.2, 0.25) is 0 Å². The number of nitrogen functional groups attached to an aromatic ring is 2. The third-order valence-electron chi connectivity index (χ3n) is 9.42. The molecule has 0 heterocycles. The van der Waals surface area contributed by atoms with Crippen molar-refractivity contribution >= 4 is 34.7 Å². The number of benzene rings is 2. The SMILES string of the molecule is C.COC(=O)CCc1ccc(N[C@@H]2C[C@H](C)CC(C)(C)C2)c(N)c1.COC(=O)CCc1ccc(N[C@H]2C[C@@H](C)CC(C)(C)C2)c(N)c1. The highest BCUT2D eigenvalue weighted by molar-refractivity contribution is 5.71. The number of methoxy groups -OCH3 is 2. The second-order valence-corrected chi connectivity index (χ2v) is 15.5. The molecule has 0 amide bonds. The average molecular weight is 653 g/mol. The van der Waals surface area contributed by atoms with Gasteiger partial charge in [0.05, 0.1) is 37.0 Å². The van der Waals surface area contributed by atoms with Gasteiger partial charge in [0.2, 0.25) is 0 Å². The summed E-state index contributed by atoms with van der Waals surface area (Å²) < 4.78 is 9.35. The summed E-state index contributed by atoms with van der Waals surface area (Å²) in [6.07, 6.45) is 9.37. The number of hydrogen-bond donors (Lipinski definition) is 4. The highest BCUT2D eigenvalue weighted by atomic mass is 16.5. The minimum atomic E-state index is -0.191. The third kappa shape index (κ3) is 13.3. The first-order chi connectivity index (χ1) is 21.6. The predicted molar refractivity (Wildman–Crippen MR) is 198 cm³/mol. The number of carbonyl (C=O) groups is 2. The summed E-state index contributed by atoms with van der Waals surface area (Å²) in [7, 11) is 2.83. The molecule has 2 aromatic carbocycles. The van der Waals surface area contributed by atoms with Gasteiger partial charge in [0.15, 0.2) is 0 Å². The maximum Gasteiger partial charge on any atom is 0.305 e. The van der Waals surface area contributed by atoms with Crippen LogP contribution in [-0.2, 0) is 31.9 Å². The monoisotopic (exact) mass is 652 g/mol. The molecule has 4 rings (SSSR count). The van der Waals surface area contributed by atoms with Crippen molar-refractivity contribution in [3.05, 3.63) is 47.5 Å². The summed E-state index contributed by atoms with van der Waals surface area (Å²) >= 11 is 0. The largest absolute Gasteiger partial charge is 0.469 e. The fraction of sp³-hybridized carbons (Fsp3) is 0.641. The van der Waals surface area contributed by atoms with E-state index in [2.05, 4.69) is 61.6 Å². The summed E-state index contributed by atoms with van der Waals surface area (Å²) in [5, 5.41) is 7.24. The highest BCUT2D eigenvalue weighted by Gasteiger charge is 2.33. The van der Waals surface area contributed by atoms with Crippen LogP contribution in [0.25, 0.3) is 0 Å². The molecule has 8 nitrogen and oxygen atoms in total. The van der Waals surface area contributed by atoms with Gasteiger partial charge < -0.3 is 31.6 Å². The van der Waals surface area contributed by atoms with Crippen molar-refractivity contribution in [2.45, 2.75) is 125 Å². The van der Waals surface area contributed by atoms with Gasteiger partial charge >= 0.3 is 11.9 Å². The minimum Gasteiger partial charge on any atom is -0.469 e. The molecule has 2 aromatic rings. The Morgan fingerprint density at radius 3 is 1.36 bits per heavy atom. The fourth-order valence-electron chi connectivity index (χ4n) is 7.85. The van der Waals surface area contributed by atoms with Gasteiger partial charge in [0.1, 0.15) is 0 Å². The standard InChI is InChI=1S/2C19H30N2O2.CH4/c2*1-13-9-15(12-19(2,3)11-13)21-17-7-5-14(10-16(17)20)6-8-18(22)23-4;/h2*5,7,10,13,15,21H,6,8-9,11-12,20H2,1-4H3;1H4/t2*13-,15+;/m10./s1. The van der Waals surface area contributed by atoms with Crippen molar-refractivity contribution in [1.29, 1.82) is 0 Å². The quantitative estimate of drug-likeness (QED) is 0.148. The lowest BCUT2D eigenvalue weighted by Crippen LogP contribution is -2.35. The van der Waals surface area contributed by atoms with Gasteiger partial charge in [-0.25, -0.2) is 0 Å². The summed E-state index contributed by atoms with van der Waals surface area (Å²) in [6, 6.07) is 13.0. The van der Waals surface area contributed by atoms with Crippen LogP contribution in [0.15, 0.2) is 36.4 Å². The molecular formula is C39H64N4O4. The van der Waals surface area contributed by atoms with Crippen LogP contribution in [0.1, 0.15) is 111 Å². The van der Waals surface area contributed by atoms with Crippen LogP contribution in [0.4, 0.5) is 22.7 Å². The Hall–Kier alpha value is -3.42. The normalized spacial score (nSPS) is 22.8. The maximum atomic E-state index is 11.2. The Kier molecular flexibility index (Phi) is 14.9. The average Bonchev–Trinajstić information content (AvgIpc) is 2.95. The van der Waals surface area contributed by atoms with Crippen LogP contribution in [0.5, 0.6) is 0 Å². The fourth-order valence-corrected chi connectivity index (χ4v) is 7.85. The van der Waals surface area contributed by atoms with E-state index in [0.29, 0.717) is 48.6 Å². The van der Waals surface area contributed by atoms with Gasteiger partial charge in [-0.1, -0.05) is 61.1 Å². The molecule has 4 atom stereocenters. The maximum absolute atomic E-state index is 11.2. The van der Waals surface area contributed by atoms with Crippen LogP contribution >= 0.6 is 0 Å². The van der Waals surface area contributed by atoms with Crippen molar-refractivity contribution in [1.82, 2.24) is 0 Å². The Morgan fingerprint density at radius 2 is 1.06 bits per heavy atom. The first-order valence-electron chi connectivity index (χ1n) is 17.0. The zero-order valence-electron chi connectivity index (χ0n) is 29.6. The molecule has 0 aromatic heterocycles. The Balaban J connectivity index is 0.000000320. The number of carbonyl (C=O) groups excluding carboxylic acids is 2. The second kappa shape index (κ2) is 17.7. The van der Waals surface area contributed by atoms with Crippen LogP contribution < -0.4 is 22.1 Å². The van der Waals surface area contributed by atoms with E-state index in [-0.39, 0.29) is 19.4 Å². The van der Waals surface area contributed by atoms with E-state index in [9.17, 15) is 9.59 Å². The predicted octanol–water partition coefficient (Wildman–Crippen LogP) is 8.64. The van der Waals surface area contributed by atoms with Crippen molar-refractivity contribution < 1.29 is 19.1 Å². The summed E-state index contributed by atoms with van der Waals surface area (Å²) in [5.41, 5.74) is 18.8. The van der Waals surface area contributed by atoms with Crippen molar-refractivity contribution in [2.24, 2.45) is 22.7 Å². The molecule has 0 bridgehead atoms. The van der Waals surface area contributed by atoms with E-state index >= 15 is 0 Å². The van der Waals surface area contributed by atoms with Gasteiger partial charge in [-0.3, -0.25) is 9.59 Å². The second-order valence-electron chi connectivity index (χ2n) is 15.5. The smallest absolute Gasteiger partial charge is 0.305 e. The lowest BCUT2D eigenvalue weighted by Gasteiger charge is -2.39. The third-order valence-corrected chi connectivity index (χ3v) is 9.42. The van der Waals surface area contributed by atoms with E-state index in [4.69, 9.17) is 11.5 Å². The van der Waals surface area contributed by atoms with E-state index in [1.807, 2.05) is 36.4 Å². The number of aryl methyl sites for hydroxylation is 2. The molecular weight excluding hydrogens is 588 g/mol. The van der Waals surface area contributed by atoms with Crippen LogP contribution in [-0.4, -0.2) is 38.2 Å². The molecule has 0 spiro atoms. The van der Waals surface area contributed by atoms with Gasteiger partial charge in [-0.15, -0.1) is 0 Å². The van der Waals surface area contributed by atoms with Crippen molar-refractivity contribution in [2.75, 3.05) is 36.3 Å². The Labute approximate surface area is 285 Å². The van der Waals surface area contributed by atoms with Gasteiger partial charge in [-0.05, 0) is 109 Å².